The maximum absolute atomic E-state index is 14.2. The van der Waals surface area contributed by atoms with Gasteiger partial charge in [0, 0.05) is 17.2 Å². The molecule has 0 saturated carbocycles. The molecule has 47 heavy (non-hydrogen) atoms. The van der Waals surface area contributed by atoms with Gasteiger partial charge >= 0.3 is 11.9 Å². The van der Waals surface area contributed by atoms with Crippen LogP contribution in [0, 0.1) is 0 Å². The molecule has 2 aromatic heterocycles. The Morgan fingerprint density at radius 3 is 2.51 bits per heavy atom. The van der Waals surface area contributed by atoms with Gasteiger partial charge < -0.3 is 18.6 Å². The van der Waals surface area contributed by atoms with Gasteiger partial charge in [0.25, 0.3) is 5.56 Å². The molecular weight excluding hydrogens is 616 g/mol. The molecule has 0 saturated heterocycles. The number of aromatic nitrogens is 1. The number of carbonyl (C=O) groups excluding carboxylic acids is 2. The number of hydrogen-bond donors (Lipinski definition) is 0. The summed E-state index contributed by atoms with van der Waals surface area (Å²) in [5.41, 5.74) is 2.33. The van der Waals surface area contributed by atoms with Gasteiger partial charge in [-0.15, -0.1) is 0 Å². The SMILES string of the molecule is CCCCOC(=O)c1ccc(-c2ccc(/C=c3\sc4n(c3=O)[C@@H](c3c(OC)ccc5ccccc35)C(C(=O)OCC)=C(C)N=4)o2)cc1. The highest BCUT2D eigenvalue weighted by atomic mass is 32.1. The number of hydrogen-bond acceptors (Lipinski definition) is 9. The summed E-state index contributed by atoms with van der Waals surface area (Å²) in [6.45, 7) is 6.10. The first-order valence-corrected chi connectivity index (χ1v) is 16.3. The number of nitrogens with zero attached hydrogens (tertiary/aromatic N) is 2. The van der Waals surface area contributed by atoms with Gasteiger partial charge in [-0.3, -0.25) is 9.36 Å². The standard InChI is InChI=1S/C37H34N2O7S/c1-5-7-20-45-35(41)25-14-12-24(13-15-25)28-19-17-26(46-28)21-30-34(40)39-33(31(36(42)44-6-2)22(3)38-37(39)47-30)32-27-11-9-8-10-23(27)16-18-29(32)43-4/h8-19,21,33H,5-7,20H2,1-4H3/b30-21-/t33-/m1/s1. The van der Waals surface area contributed by atoms with Gasteiger partial charge in [-0.25, -0.2) is 14.6 Å². The van der Waals surface area contributed by atoms with E-state index in [0.29, 0.717) is 50.0 Å². The van der Waals surface area contributed by atoms with Crippen LogP contribution in [-0.4, -0.2) is 36.8 Å². The van der Waals surface area contributed by atoms with E-state index in [1.165, 1.54) is 11.3 Å². The lowest BCUT2D eigenvalue weighted by Gasteiger charge is -2.27. The maximum Gasteiger partial charge on any atom is 0.338 e. The van der Waals surface area contributed by atoms with Crippen molar-refractivity contribution in [2.24, 2.45) is 4.99 Å². The fourth-order valence-corrected chi connectivity index (χ4v) is 6.70. The molecule has 0 spiro atoms. The third kappa shape index (κ3) is 6.16. The molecule has 1 aliphatic heterocycles. The summed E-state index contributed by atoms with van der Waals surface area (Å²) < 4.78 is 24.6. The molecule has 0 unspecified atom stereocenters. The summed E-state index contributed by atoms with van der Waals surface area (Å²) in [5, 5.41) is 1.78. The van der Waals surface area contributed by atoms with Crippen molar-refractivity contribution in [3.05, 3.63) is 121 Å². The molecule has 1 aliphatic rings. The lowest BCUT2D eigenvalue weighted by molar-refractivity contribution is -0.139. The van der Waals surface area contributed by atoms with Gasteiger partial charge in [0.15, 0.2) is 4.80 Å². The van der Waals surface area contributed by atoms with E-state index in [0.717, 1.165) is 29.2 Å². The molecule has 6 rings (SSSR count). The normalized spacial score (nSPS) is 14.6. The molecule has 240 valence electrons. The number of rotatable bonds is 10. The Hall–Kier alpha value is -5.22. The Balaban J connectivity index is 1.42. The number of thiazole rings is 1. The van der Waals surface area contributed by atoms with Crippen LogP contribution in [0.4, 0.5) is 0 Å². The first-order chi connectivity index (χ1) is 22.8. The van der Waals surface area contributed by atoms with Gasteiger partial charge in [0.05, 0.1) is 41.7 Å². The molecular formula is C37H34N2O7S. The van der Waals surface area contributed by atoms with Crippen LogP contribution in [0.25, 0.3) is 28.2 Å². The maximum atomic E-state index is 14.2. The summed E-state index contributed by atoms with van der Waals surface area (Å²) in [6.07, 6.45) is 3.44. The molecule has 3 heterocycles. The van der Waals surface area contributed by atoms with Crippen LogP contribution in [-0.2, 0) is 14.3 Å². The number of fused-ring (bicyclic) bond motifs is 2. The molecule has 0 aliphatic carbocycles. The minimum Gasteiger partial charge on any atom is -0.496 e. The van der Waals surface area contributed by atoms with Crippen molar-refractivity contribution >= 4 is 40.1 Å². The third-order valence-electron chi connectivity index (χ3n) is 7.98. The molecule has 1 atom stereocenters. The highest BCUT2D eigenvalue weighted by molar-refractivity contribution is 7.07. The first-order valence-electron chi connectivity index (χ1n) is 15.5. The Morgan fingerprint density at radius 1 is 0.979 bits per heavy atom. The molecule has 0 fully saturated rings. The van der Waals surface area contributed by atoms with Gasteiger partial charge in [-0.2, -0.15) is 0 Å². The topological polar surface area (TPSA) is 109 Å². The number of esters is 2. The van der Waals surface area contributed by atoms with Crippen molar-refractivity contribution in [3.63, 3.8) is 0 Å². The Kier molecular flexibility index (Phi) is 9.22. The predicted octanol–water partition coefficient (Wildman–Crippen LogP) is 6.18. The Morgan fingerprint density at radius 2 is 1.77 bits per heavy atom. The summed E-state index contributed by atoms with van der Waals surface area (Å²) in [5.74, 6) is 0.679. The van der Waals surface area contributed by atoms with E-state index in [4.69, 9.17) is 23.6 Å². The Bertz CT molecular complexity index is 2190. The summed E-state index contributed by atoms with van der Waals surface area (Å²) >= 11 is 1.21. The number of benzene rings is 3. The van der Waals surface area contributed by atoms with Crippen LogP contribution < -0.4 is 19.6 Å². The quantitative estimate of drug-likeness (QED) is 0.131. The fourth-order valence-electron chi connectivity index (χ4n) is 5.68. The smallest absolute Gasteiger partial charge is 0.338 e. The molecule has 9 nitrogen and oxygen atoms in total. The number of unbranched alkanes of at least 4 members (excludes halogenated alkanes) is 1. The highest BCUT2D eigenvalue weighted by Gasteiger charge is 2.36. The average Bonchev–Trinajstić information content (AvgIpc) is 3.67. The van der Waals surface area contributed by atoms with Crippen molar-refractivity contribution in [1.82, 2.24) is 4.57 Å². The summed E-state index contributed by atoms with van der Waals surface area (Å²) in [7, 11) is 1.57. The van der Waals surface area contributed by atoms with E-state index in [9.17, 15) is 14.4 Å². The van der Waals surface area contributed by atoms with Crippen LogP contribution in [0.15, 0.2) is 98.3 Å². The highest BCUT2D eigenvalue weighted by Crippen LogP contribution is 2.40. The second-order valence-electron chi connectivity index (χ2n) is 11.0. The van der Waals surface area contributed by atoms with Crippen molar-refractivity contribution in [2.45, 2.75) is 39.7 Å². The second kappa shape index (κ2) is 13.6. The zero-order valence-electron chi connectivity index (χ0n) is 26.6. The monoisotopic (exact) mass is 650 g/mol. The van der Waals surface area contributed by atoms with Crippen LogP contribution in [0.3, 0.4) is 0 Å². The zero-order chi connectivity index (χ0) is 33.1. The van der Waals surface area contributed by atoms with E-state index < -0.39 is 12.0 Å². The summed E-state index contributed by atoms with van der Waals surface area (Å²) in [4.78, 5) is 45.1. The summed E-state index contributed by atoms with van der Waals surface area (Å²) in [6, 6.07) is 21.3. The molecule has 5 aromatic rings. The third-order valence-corrected chi connectivity index (χ3v) is 8.96. The van der Waals surface area contributed by atoms with Crippen LogP contribution in [0.5, 0.6) is 5.75 Å². The second-order valence-corrected chi connectivity index (χ2v) is 12.0. The van der Waals surface area contributed by atoms with Gasteiger partial charge in [-0.1, -0.05) is 67.1 Å². The molecule has 3 aromatic carbocycles. The van der Waals surface area contributed by atoms with E-state index >= 15 is 0 Å². The molecule has 0 bridgehead atoms. The minimum absolute atomic E-state index is 0.173. The van der Waals surface area contributed by atoms with E-state index in [-0.39, 0.29) is 23.7 Å². The molecule has 10 heteroatoms. The van der Waals surface area contributed by atoms with Crippen LogP contribution in [0.1, 0.15) is 61.3 Å². The average molecular weight is 651 g/mol. The van der Waals surface area contributed by atoms with Crippen LogP contribution >= 0.6 is 11.3 Å². The predicted molar refractivity (Wildman–Crippen MR) is 180 cm³/mol. The number of ether oxygens (including phenoxy) is 3. The van der Waals surface area contributed by atoms with Crippen molar-refractivity contribution in [3.8, 4) is 17.1 Å². The molecule has 0 N–H and O–H groups in total. The van der Waals surface area contributed by atoms with E-state index in [1.807, 2.05) is 49.4 Å². The van der Waals surface area contributed by atoms with Crippen LogP contribution in [0.2, 0.25) is 0 Å². The molecule has 0 amide bonds. The number of methoxy groups -OCH3 is 1. The van der Waals surface area contributed by atoms with Gasteiger partial charge in [0.1, 0.15) is 23.3 Å². The van der Waals surface area contributed by atoms with E-state index in [2.05, 4.69) is 0 Å². The number of carbonyl (C=O) groups is 2. The zero-order valence-corrected chi connectivity index (χ0v) is 27.4. The van der Waals surface area contributed by atoms with Crippen molar-refractivity contribution in [1.29, 1.82) is 0 Å². The molecule has 0 radical (unpaired) electrons. The number of furan rings is 1. The van der Waals surface area contributed by atoms with Crippen molar-refractivity contribution in [2.75, 3.05) is 20.3 Å². The fraction of sp³-hybridized carbons (Fsp3) is 0.243. The van der Waals surface area contributed by atoms with E-state index in [1.54, 1.807) is 61.9 Å². The van der Waals surface area contributed by atoms with Crippen molar-refractivity contribution < 1.29 is 28.2 Å². The minimum atomic E-state index is -0.840. The first kappa shape index (κ1) is 31.7. The Labute approximate surface area is 275 Å². The lowest BCUT2D eigenvalue weighted by Crippen LogP contribution is -2.40. The van der Waals surface area contributed by atoms with Gasteiger partial charge in [0.2, 0.25) is 0 Å². The lowest BCUT2D eigenvalue weighted by atomic mass is 9.90. The number of allylic oxidation sites excluding steroid dienone is 1. The largest absolute Gasteiger partial charge is 0.496 e. The van der Waals surface area contributed by atoms with Gasteiger partial charge in [-0.05, 0) is 61.4 Å².